The zero-order valence-electron chi connectivity index (χ0n) is 12.5. The molecule has 3 aromatic rings. The van der Waals surface area contributed by atoms with Gasteiger partial charge in [-0.05, 0) is 29.8 Å². The topological polar surface area (TPSA) is 64.0 Å². The van der Waals surface area contributed by atoms with Crippen molar-refractivity contribution < 1.29 is 12.8 Å². The van der Waals surface area contributed by atoms with Gasteiger partial charge in [-0.25, -0.2) is 17.8 Å². The SMILES string of the molecule is Cn1ccnc1[C@@H](NS(=O)(=O)c1ccc(Cl)s1)c1cccc(F)c1. The van der Waals surface area contributed by atoms with Crippen LogP contribution in [0.2, 0.25) is 4.34 Å². The summed E-state index contributed by atoms with van der Waals surface area (Å²) in [5, 5.41) is 0. The molecule has 2 heterocycles. The Hall–Kier alpha value is -1.74. The molecule has 9 heteroatoms. The van der Waals surface area contributed by atoms with E-state index >= 15 is 0 Å². The molecule has 0 aliphatic carbocycles. The second-order valence-electron chi connectivity index (χ2n) is 5.06. The minimum atomic E-state index is -3.83. The number of rotatable bonds is 5. The Bertz CT molecular complexity index is 969. The van der Waals surface area contributed by atoms with Crippen molar-refractivity contribution >= 4 is 33.0 Å². The van der Waals surface area contributed by atoms with E-state index in [9.17, 15) is 12.8 Å². The van der Waals surface area contributed by atoms with Crippen LogP contribution in [0.4, 0.5) is 4.39 Å². The fraction of sp³-hybridized carbons (Fsp3) is 0.133. The number of thiophene rings is 1. The molecule has 0 spiro atoms. The van der Waals surface area contributed by atoms with Crippen molar-refractivity contribution in [3.8, 4) is 0 Å². The fourth-order valence-electron chi connectivity index (χ4n) is 2.27. The molecule has 0 amide bonds. The van der Waals surface area contributed by atoms with Crippen molar-refractivity contribution in [1.82, 2.24) is 14.3 Å². The Morgan fingerprint density at radius 1 is 1.33 bits per heavy atom. The first-order valence-electron chi connectivity index (χ1n) is 6.87. The molecule has 1 atom stereocenters. The van der Waals surface area contributed by atoms with Crippen LogP contribution in [-0.2, 0) is 17.1 Å². The van der Waals surface area contributed by atoms with Gasteiger partial charge in [-0.15, -0.1) is 11.3 Å². The summed E-state index contributed by atoms with van der Waals surface area (Å²) in [5.41, 5.74) is 0.454. The van der Waals surface area contributed by atoms with Gasteiger partial charge >= 0.3 is 0 Å². The monoisotopic (exact) mass is 385 g/mol. The van der Waals surface area contributed by atoms with Crippen LogP contribution in [0.5, 0.6) is 0 Å². The Balaban J connectivity index is 2.04. The standard InChI is InChI=1S/C15H13ClFN3O2S2/c1-20-8-7-18-15(20)14(10-3-2-4-11(17)9-10)19-24(21,22)13-6-5-12(16)23-13/h2-9,14,19H,1H3/t14-/m0/s1. The van der Waals surface area contributed by atoms with Gasteiger partial charge in [0, 0.05) is 19.4 Å². The zero-order valence-corrected chi connectivity index (χ0v) is 14.9. The van der Waals surface area contributed by atoms with Crippen molar-refractivity contribution in [2.45, 2.75) is 10.3 Å². The summed E-state index contributed by atoms with van der Waals surface area (Å²) in [6, 6.07) is 7.86. The molecule has 0 saturated heterocycles. The molecule has 5 nitrogen and oxygen atoms in total. The van der Waals surface area contributed by atoms with Gasteiger partial charge in [0.2, 0.25) is 0 Å². The lowest BCUT2D eigenvalue weighted by Crippen LogP contribution is -2.30. The van der Waals surface area contributed by atoms with E-state index in [2.05, 4.69) is 9.71 Å². The molecule has 0 radical (unpaired) electrons. The molecule has 0 aliphatic heterocycles. The van der Waals surface area contributed by atoms with Gasteiger partial charge in [-0.2, -0.15) is 4.72 Å². The minimum Gasteiger partial charge on any atom is -0.336 e. The van der Waals surface area contributed by atoms with E-state index in [-0.39, 0.29) is 4.21 Å². The number of aryl methyl sites for hydroxylation is 1. The highest BCUT2D eigenvalue weighted by atomic mass is 35.5. The van der Waals surface area contributed by atoms with Crippen LogP contribution in [0, 0.1) is 5.82 Å². The minimum absolute atomic E-state index is 0.0862. The Morgan fingerprint density at radius 2 is 2.12 bits per heavy atom. The number of hydrogen-bond donors (Lipinski definition) is 1. The predicted molar refractivity (Wildman–Crippen MR) is 91.1 cm³/mol. The number of halogens is 2. The second kappa shape index (κ2) is 6.64. The fourth-order valence-corrected chi connectivity index (χ4v) is 4.95. The average Bonchev–Trinajstić information content (AvgIpc) is 3.14. The van der Waals surface area contributed by atoms with E-state index in [0.717, 1.165) is 11.3 Å². The normalized spacial score (nSPS) is 13.1. The molecule has 0 aliphatic rings. The largest absolute Gasteiger partial charge is 0.336 e. The highest BCUT2D eigenvalue weighted by molar-refractivity contribution is 7.91. The van der Waals surface area contributed by atoms with E-state index in [0.29, 0.717) is 15.7 Å². The smallest absolute Gasteiger partial charge is 0.251 e. The number of nitrogens with one attached hydrogen (secondary N) is 1. The van der Waals surface area contributed by atoms with Gasteiger partial charge < -0.3 is 4.57 Å². The molecular weight excluding hydrogens is 373 g/mol. The molecule has 24 heavy (non-hydrogen) atoms. The van der Waals surface area contributed by atoms with Gasteiger partial charge in [0.25, 0.3) is 10.0 Å². The van der Waals surface area contributed by atoms with Gasteiger partial charge in [-0.1, -0.05) is 23.7 Å². The van der Waals surface area contributed by atoms with Gasteiger partial charge in [0.1, 0.15) is 21.9 Å². The first-order valence-corrected chi connectivity index (χ1v) is 9.55. The Labute approximate surface area is 147 Å². The summed E-state index contributed by atoms with van der Waals surface area (Å²) in [7, 11) is -2.09. The lowest BCUT2D eigenvalue weighted by molar-refractivity contribution is 0.562. The first kappa shape index (κ1) is 17.1. The van der Waals surface area contributed by atoms with E-state index in [1.807, 2.05) is 0 Å². The van der Waals surface area contributed by atoms with Crippen LogP contribution < -0.4 is 4.72 Å². The second-order valence-corrected chi connectivity index (χ2v) is 8.72. The van der Waals surface area contributed by atoms with Crippen LogP contribution in [0.15, 0.2) is 53.0 Å². The van der Waals surface area contributed by atoms with Crippen molar-refractivity contribution in [1.29, 1.82) is 0 Å². The van der Waals surface area contributed by atoms with Gasteiger partial charge in [0.05, 0.1) is 4.34 Å². The molecule has 0 fully saturated rings. The van der Waals surface area contributed by atoms with Crippen LogP contribution >= 0.6 is 22.9 Å². The molecule has 0 saturated carbocycles. The highest BCUT2D eigenvalue weighted by Gasteiger charge is 2.27. The van der Waals surface area contributed by atoms with Crippen LogP contribution in [0.25, 0.3) is 0 Å². The maximum Gasteiger partial charge on any atom is 0.251 e. The van der Waals surface area contributed by atoms with Crippen molar-refractivity contribution in [3.05, 3.63) is 70.3 Å². The summed E-state index contributed by atoms with van der Waals surface area (Å²) < 4.78 is 43.6. The summed E-state index contributed by atoms with van der Waals surface area (Å²) >= 11 is 6.78. The Morgan fingerprint density at radius 3 is 2.71 bits per heavy atom. The molecule has 3 rings (SSSR count). The quantitative estimate of drug-likeness (QED) is 0.732. The molecular formula is C15H13ClFN3O2S2. The zero-order chi connectivity index (χ0) is 17.3. The van der Waals surface area contributed by atoms with Crippen molar-refractivity contribution in [2.24, 2.45) is 7.05 Å². The molecule has 0 bridgehead atoms. The summed E-state index contributed by atoms with van der Waals surface area (Å²) in [6.45, 7) is 0. The van der Waals surface area contributed by atoms with Crippen LogP contribution in [0.3, 0.4) is 0 Å². The molecule has 1 aromatic carbocycles. The summed E-state index contributed by atoms with van der Waals surface area (Å²) in [5.74, 6) is -0.00287. The molecule has 0 unspecified atom stereocenters. The molecule has 2 aromatic heterocycles. The molecule has 126 valence electrons. The number of aromatic nitrogens is 2. The van der Waals surface area contributed by atoms with E-state index < -0.39 is 21.9 Å². The van der Waals surface area contributed by atoms with Crippen LogP contribution in [0.1, 0.15) is 17.4 Å². The third kappa shape index (κ3) is 3.51. The third-order valence-corrected chi connectivity index (χ3v) is 6.53. The lowest BCUT2D eigenvalue weighted by atomic mass is 10.1. The van der Waals surface area contributed by atoms with Crippen molar-refractivity contribution in [3.63, 3.8) is 0 Å². The maximum absolute atomic E-state index is 13.6. The highest BCUT2D eigenvalue weighted by Crippen LogP contribution is 2.28. The Kier molecular flexibility index (Phi) is 4.73. The molecule has 1 N–H and O–H groups in total. The van der Waals surface area contributed by atoms with E-state index in [1.54, 1.807) is 30.1 Å². The summed E-state index contributed by atoms with van der Waals surface area (Å²) in [4.78, 5) is 4.20. The maximum atomic E-state index is 13.6. The van der Waals surface area contributed by atoms with Gasteiger partial charge in [-0.3, -0.25) is 0 Å². The van der Waals surface area contributed by atoms with E-state index in [1.165, 1.54) is 30.3 Å². The van der Waals surface area contributed by atoms with Gasteiger partial charge in [0.15, 0.2) is 0 Å². The van der Waals surface area contributed by atoms with Crippen molar-refractivity contribution in [2.75, 3.05) is 0 Å². The number of imidazole rings is 1. The van der Waals surface area contributed by atoms with Crippen LogP contribution in [-0.4, -0.2) is 18.0 Å². The number of hydrogen-bond acceptors (Lipinski definition) is 4. The third-order valence-electron chi connectivity index (χ3n) is 3.39. The number of sulfonamides is 1. The number of benzene rings is 1. The predicted octanol–water partition coefficient (Wildman–Crippen LogP) is 3.34. The average molecular weight is 386 g/mol. The van der Waals surface area contributed by atoms with E-state index in [4.69, 9.17) is 11.6 Å². The number of nitrogens with zero attached hydrogens (tertiary/aromatic N) is 2. The summed E-state index contributed by atoms with van der Waals surface area (Å²) in [6.07, 6.45) is 3.25. The lowest BCUT2D eigenvalue weighted by Gasteiger charge is -2.18. The first-order chi connectivity index (χ1) is 11.4.